The zero-order valence-electron chi connectivity index (χ0n) is 12.5. The second kappa shape index (κ2) is 7.34. The molecule has 3 heteroatoms. The van der Waals surface area contributed by atoms with Gasteiger partial charge in [-0.3, -0.25) is 0 Å². The van der Waals surface area contributed by atoms with Crippen molar-refractivity contribution in [1.29, 1.82) is 0 Å². The fourth-order valence-electron chi connectivity index (χ4n) is 2.41. The first-order chi connectivity index (χ1) is 10.1. The maximum atomic E-state index is 13.6. The number of aliphatic hydroxyl groups is 1. The van der Waals surface area contributed by atoms with Crippen LogP contribution in [0.1, 0.15) is 29.7 Å². The van der Waals surface area contributed by atoms with Crippen molar-refractivity contribution in [2.75, 3.05) is 6.54 Å². The lowest BCUT2D eigenvalue weighted by molar-refractivity contribution is 0.166. The lowest BCUT2D eigenvalue weighted by atomic mass is 10.0. The average Bonchev–Trinajstić information content (AvgIpc) is 2.48. The van der Waals surface area contributed by atoms with Crippen LogP contribution >= 0.6 is 0 Å². The van der Waals surface area contributed by atoms with Gasteiger partial charge in [0, 0.05) is 18.2 Å². The van der Waals surface area contributed by atoms with Crippen LogP contribution in [0.4, 0.5) is 4.39 Å². The molecule has 0 amide bonds. The normalized spacial score (nSPS) is 13.9. The highest BCUT2D eigenvalue weighted by Crippen LogP contribution is 2.16. The Hall–Kier alpha value is -1.71. The van der Waals surface area contributed by atoms with Crippen molar-refractivity contribution in [3.05, 3.63) is 71.0 Å². The van der Waals surface area contributed by atoms with Crippen LogP contribution in [0.3, 0.4) is 0 Å². The maximum Gasteiger partial charge on any atom is 0.129 e. The van der Waals surface area contributed by atoms with Crippen molar-refractivity contribution in [1.82, 2.24) is 5.32 Å². The van der Waals surface area contributed by atoms with Crippen LogP contribution in [0.2, 0.25) is 0 Å². The molecule has 2 N–H and O–H groups in total. The summed E-state index contributed by atoms with van der Waals surface area (Å²) in [5.74, 6) is -0.363. The first kappa shape index (κ1) is 15.7. The molecule has 0 aliphatic rings. The summed E-state index contributed by atoms with van der Waals surface area (Å²) in [7, 11) is 0. The Labute approximate surface area is 125 Å². The van der Waals surface area contributed by atoms with E-state index in [0.717, 1.165) is 6.42 Å². The molecule has 0 heterocycles. The zero-order chi connectivity index (χ0) is 15.2. The van der Waals surface area contributed by atoms with Crippen LogP contribution in [-0.2, 0) is 6.42 Å². The van der Waals surface area contributed by atoms with Gasteiger partial charge in [-0.05, 0) is 37.5 Å². The Morgan fingerprint density at radius 2 is 1.76 bits per heavy atom. The molecule has 2 aromatic rings. The highest BCUT2D eigenvalue weighted by Gasteiger charge is 2.13. The number of aliphatic hydroxyl groups excluding tert-OH is 1. The predicted octanol–water partition coefficient (Wildman–Crippen LogP) is 3.39. The van der Waals surface area contributed by atoms with E-state index in [4.69, 9.17) is 0 Å². The third-order valence-corrected chi connectivity index (χ3v) is 3.71. The van der Waals surface area contributed by atoms with Gasteiger partial charge >= 0.3 is 0 Å². The Morgan fingerprint density at radius 3 is 2.48 bits per heavy atom. The molecule has 0 aromatic heterocycles. The topological polar surface area (TPSA) is 32.3 Å². The second-order valence-corrected chi connectivity index (χ2v) is 5.48. The van der Waals surface area contributed by atoms with E-state index in [0.29, 0.717) is 12.1 Å². The van der Waals surface area contributed by atoms with Gasteiger partial charge in [0.1, 0.15) is 5.82 Å². The van der Waals surface area contributed by atoms with Gasteiger partial charge in [-0.25, -0.2) is 4.39 Å². The molecular formula is C18H22FNO. The Bertz CT molecular complexity index is 585. The van der Waals surface area contributed by atoms with Crippen LogP contribution in [0.15, 0.2) is 48.5 Å². The number of hydrogen-bond donors (Lipinski definition) is 2. The van der Waals surface area contributed by atoms with E-state index in [2.05, 4.69) is 31.3 Å². The molecule has 112 valence electrons. The van der Waals surface area contributed by atoms with Gasteiger partial charge in [0.05, 0.1) is 6.10 Å². The molecule has 0 fully saturated rings. The summed E-state index contributed by atoms with van der Waals surface area (Å²) in [5.41, 5.74) is 2.90. The van der Waals surface area contributed by atoms with Crippen molar-refractivity contribution < 1.29 is 9.50 Å². The SMILES string of the molecule is Cc1ccccc1CC(C)NC[C@H](O)c1ccccc1F. The molecule has 0 bridgehead atoms. The smallest absolute Gasteiger partial charge is 0.129 e. The van der Waals surface area contributed by atoms with Crippen LogP contribution in [0.5, 0.6) is 0 Å². The number of nitrogens with one attached hydrogen (secondary N) is 1. The van der Waals surface area contributed by atoms with Crippen molar-refractivity contribution in [2.24, 2.45) is 0 Å². The Morgan fingerprint density at radius 1 is 1.10 bits per heavy atom. The number of benzene rings is 2. The molecule has 2 atom stereocenters. The molecule has 2 aromatic carbocycles. The maximum absolute atomic E-state index is 13.6. The molecule has 1 unspecified atom stereocenters. The lowest BCUT2D eigenvalue weighted by Crippen LogP contribution is -2.32. The van der Waals surface area contributed by atoms with Crippen molar-refractivity contribution in [3.8, 4) is 0 Å². The molecule has 0 aliphatic carbocycles. The van der Waals surface area contributed by atoms with Gasteiger partial charge in [-0.15, -0.1) is 0 Å². The molecule has 0 spiro atoms. The molecule has 2 rings (SSSR count). The molecule has 0 aliphatic heterocycles. The number of aryl methyl sites for hydroxylation is 1. The third-order valence-electron chi connectivity index (χ3n) is 3.71. The van der Waals surface area contributed by atoms with Gasteiger partial charge < -0.3 is 10.4 Å². The fraction of sp³-hybridized carbons (Fsp3) is 0.333. The van der Waals surface area contributed by atoms with E-state index < -0.39 is 6.10 Å². The van der Waals surface area contributed by atoms with Crippen LogP contribution in [0, 0.1) is 12.7 Å². The highest BCUT2D eigenvalue weighted by atomic mass is 19.1. The van der Waals surface area contributed by atoms with Gasteiger partial charge in [0.2, 0.25) is 0 Å². The lowest BCUT2D eigenvalue weighted by Gasteiger charge is -2.18. The molecule has 0 saturated heterocycles. The van der Waals surface area contributed by atoms with Gasteiger partial charge in [-0.1, -0.05) is 42.5 Å². The van der Waals surface area contributed by atoms with Crippen molar-refractivity contribution in [2.45, 2.75) is 32.4 Å². The molecule has 0 saturated carbocycles. The Kier molecular flexibility index (Phi) is 5.48. The summed E-state index contributed by atoms with van der Waals surface area (Å²) in [6.07, 6.45) is 0.0574. The molecular weight excluding hydrogens is 265 g/mol. The van der Waals surface area contributed by atoms with Gasteiger partial charge in [0.25, 0.3) is 0 Å². The number of hydrogen-bond acceptors (Lipinski definition) is 2. The Balaban J connectivity index is 1.88. The number of rotatable bonds is 6. The third kappa shape index (κ3) is 4.38. The van der Waals surface area contributed by atoms with Crippen LogP contribution < -0.4 is 5.32 Å². The van der Waals surface area contributed by atoms with Crippen LogP contribution in [-0.4, -0.2) is 17.7 Å². The second-order valence-electron chi connectivity index (χ2n) is 5.48. The van der Waals surface area contributed by atoms with E-state index in [1.807, 2.05) is 12.1 Å². The predicted molar refractivity (Wildman–Crippen MR) is 83.7 cm³/mol. The standard InChI is InChI=1S/C18H22FNO/c1-13-7-3-4-8-15(13)11-14(2)20-12-18(21)16-9-5-6-10-17(16)19/h3-10,14,18,20-21H,11-12H2,1-2H3/t14?,18-/m0/s1. The quantitative estimate of drug-likeness (QED) is 0.853. The summed E-state index contributed by atoms with van der Waals surface area (Å²) in [6.45, 7) is 4.50. The highest BCUT2D eigenvalue weighted by molar-refractivity contribution is 5.26. The number of halogens is 1. The van der Waals surface area contributed by atoms with E-state index in [1.165, 1.54) is 17.2 Å². The van der Waals surface area contributed by atoms with E-state index in [9.17, 15) is 9.50 Å². The molecule has 0 radical (unpaired) electrons. The minimum atomic E-state index is -0.828. The summed E-state index contributed by atoms with van der Waals surface area (Å²) >= 11 is 0. The summed E-state index contributed by atoms with van der Waals surface area (Å²) in [6, 6.07) is 14.8. The zero-order valence-corrected chi connectivity index (χ0v) is 12.5. The minimum absolute atomic E-state index is 0.215. The first-order valence-corrected chi connectivity index (χ1v) is 7.28. The van der Waals surface area contributed by atoms with Crippen molar-refractivity contribution >= 4 is 0 Å². The fourth-order valence-corrected chi connectivity index (χ4v) is 2.41. The van der Waals surface area contributed by atoms with Gasteiger partial charge in [0.15, 0.2) is 0 Å². The monoisotopic (exact) mass is 287 g/mol. The van der Waals surface area contributed by atoms with Gasteiger partial charge in [-0.2, -0.15) is 0 Å². The minimum Gasteiger partial charge on any atom is -0.387 e. The van der Waals surface area contributed by atoms with Crippen molar-refractivity contribution in [3.63, 3.8) is 0 Å². The molecule has 21 heavy (non-hydrogen) atoms. The van der Waals surface area contributed by atoms with Crippen LogP contribution in [0.25, 0.3) is 0 Å². The van der Waals surface area contributed by atoms with E-state index >= 15 is 0 Å². The van der Waals surface area contributed by atoms with E-state index in [-0.39, 0.29) is 11.9 Å². The average molecular weight is 287 g/mol. The first-order valence-electron chi connectivity index (χ1n) is 7.28. The summed E-state index contributed by atoms with van der Waals surface area (Å²) in [5, 5.41) is 13.3. The van der Waals surface area contributed by atoms with E-state index in [1.54, 1.807) is 18.2 Å². The summed E-state index contributed by atoms with van der Waals surface area (Å²) < 4.78 is 13.6. The summed E-state index contributed by atoms with van der Waals surface area (Å²) in [4.78, 5) is 0. The molecule has 2 nitrogen and oxygen atoms in total. The largest absolute Gasteiger partial charge is 0.387 e.